The van der Waals surface area contributed by atoms with Gasteiger partial charge in [-0.05, 0) is 43.9 Å². The molecule has 0 bridgehead atoms. The van der Waals surface area contributed by atoms with Crippen molar-refractivity contribution in [2.24, 2.45) is 5.92 Å². The SMILES string of the molecule is Cc1ccc(C)c(NC(=O)C2CCCN(c3cc(-c4ccccc4)ncn3)C2)c1. The Balaban J connectivity index is 1.48. The Kier molecular flexibility index (Phi) is 5.56. The minimum atomic E-state index is -0.0567. The number of amides is 1. The summed E-state index contributed by atoms with van der Waals surface area (Å²) in [5, 5.41) is 3.13. The fourth-order valence-corrected chi connectivity index (χ4v) is 3.79. The summed E-state index contributed by atoms with van der Waals surface area (Å²) in [7, 11) is 0. The quantitative estimate of drug-likeness (QED) is 0.711. The number of piperidine rings is 1. The number of carbonyl (C=O) groups is 1. The zero-order valence-corrected chi connectivity index (χ0v) is 16.9. The molecule has 5 heteroatoms. The van der Waals surface area contributed by atoms with Gasteiger partial charge in [-0.15, -0.1) is 0 Å². The number of nitrogens with one attached hydrogen (secondary N) is 1. The summed E-state index contributed by atoms with van der Waals surface area (Å²) in [5.74, 6) is 0.905. The maximum atomic E-state index is 12.9. The lowest BCUT2D eigenvalue weighted by Gasteiger charge is -2.33. The second-order valence-corrected chi connectivity index (χ2v) is 7.72. The highest BCUT2D eigenvalue weighted by Gasteiger charge is 2.27. The summed E-state index contributed by atoms with van der Waals surface area (Å²) < 4.78 is 0. The standard InChI is InChI=1S/C24H26N4O/c1-17-10-11-18(2)21(13-17)27-24(29)20-9-6-12-28(15-20)23-14-22(25-16-26-23)19-7-4-3-5-8-19/h3-5,7-8,10-11,13-14,16,20H,6,9,12,15H2,1-2H3,(H,27,29). The molecule has 1 aliphatic heterocycles. The molecule has 1 atom stereocenters. The molecule has 1 unspecified atom stereocenters. The first-order valence-electron chi connectivity index (χ1n) is 10.1. The molecule has 148 valence electrons. The third kappa shape index (κ3) is 4.45. The molecular formula is C24H26N4O. The lowest BCUT2D eigenvalue weighted by atomic mass is 9.96. The third-order valence-electron chi connectivity index (χ3n) is 5.49. The topological polar surface area (TPSA) is 58.1 Å². The van der Waals surface area contributed by atoms with Crippen molar-refractivity contribution in [3.63, 3.8) is 0 Å². The molecule has 4 rings (SSSR count). The first kappa shape index (κ1) is 19.1. The van der Waals surface area contributed by atoms with Gasteiger partial charge < -0.3 is 10.2 Å². The van der Waals surface area contributed by atoms with Crippen LogP contribution in [-0.4, -0.2) is 29.0 Å². The average Bonchev–Trinajstić information content (AvgIpc) is 2.77. The van der Waals surface area contributed by atoms with E-state index in [0.717, 1.165) is 53.3 Å². The van der Waals surface area contributed by atoms with Crippen LogP contribution in [0.4, 0.5) is 11.5 Å². The number of aromatic nitrogens is 2. The van der Waals surface area contributed by atoms with Crippen molar-refractivity contribution in [1.82, 2.24) is 9.97 Å². The molecule has 0 saturated carbocycles. The van der Waals surface area contributed by atoms with Crippen molar-refractivity contribution in [3.05, 3.63) is 72.1 Å². The van der Waals surface area contributed by atoms with E-state index in [-0.39, 0.29) is 11.8 Å². The average molecular weight is 386 g/mol. The van der Waals surface area contributed by atoms with Crippen molar-refractivity contribution >= 4 is 17.4 Å². The van der Waals surface area contributed by atoms with Crippen LogP contribution in [0.5, 0.6) is 0 Å². The van der Waals surface area contributed by atoms with Crippen LogP contribution in [0.2, 0.25) is 0 Å². The first-order chi connectivity index (χ1) is 14.1. The highest BCUT2D eigenvalue weighted by molar-refractivity contribution is 5.93. The van der Waals surface area contributed by atoms with Gasteiger partial charge in [-0.25, -0.2) is 9.97 Å². The molecular weight excluding hydrogens is 360 g/mol. The monoisotopic (exact) mass is 386 g/mol. The number of carbonyl (C=O) groups excluding carboxylic acids is 1. The molecule has 29 heavy (non-hydrogen) atoms. The first-order valence-corrected chi connectivity index (χ1v) is 10.1. The summed E-state index contributed by atoms with van der Waals surface area (Å²) in [4.78, 5) is 24.0. The maximum absolute atomic E-state index is 12.9. The van der Waals surface area contributed by atoms with E-state index in [4.69, 9.17) is 0 Å². The van der Waals surface area contributed by atoms with Crippen LogP contribution in [0, 0.1) is 19.8 Å². The van der Waals surface area contributed by atoms with Crippen LogP contribution >= 0.6 is 0 Å². The van der Waals surface area contributed by atoms with Crippen LogP contribution in [0.1, 0.15) is 24.0 Å². The van der Waals surface area contributed by atoms with Crippen molar-refractivity contribution in [2.75, 3.05) is 23.3 Å². The van der Waals surface area contributed by atoms with Gasteiger partial charge in [0, 0.05) is 30.4 Å². The van der Waals surface area contributed by atoms with Gasteiger partial charge >= 0.3 is 0 Å². The molecule has 0 radical (unpaired) electrons. The minimum Gasteiger partial charge on any atom is -0.356 e. The molecule has 1 N–H and O–H groups in total. The van der Waals surface area contributed by atoms with Gasteiger partial charge in [0.2, 0.25) is 5.91 Å². The van der Waals surface area contributed by atoms with Crippen LogP contribution in [-0.2, 0) is 4.79 Å². The normalized spacial score (nSPS) is 16.5. The zero-order valence-electron chi connectivity index (χ0n) is 16.9. The van der Waals surface area contributed by atoms with Gasteiger partial charge in [0.05, 0.1) is 11.6 Å². The largest absolute Gasteiger partial charge is 0.356 e. The number of hydrogen-bond acceptors (Lipinski definition) is 4. The zero-order chi connectivity index (χ0) is 20.2. The molecule has 0 aliphatic carbocycles. The molecule has 2 heterocycles. The van der Waals surface area contributed by atoms with Gasteiger partial charge in [-0.2, -0.15) is 0 Å². The summed E-state index contributed by atoms with van der Waals surface area (Å²) in [5.41, 5.74) is 5.10. The maximum Gasteiger partial charge on any atom is 0.229 e. The van der Waals surface area contributed by atoms with Crippen LogP contribution in [0.25, 0.3) is 11.3 Å². The molecule has 3 aromatic rings. The van der Waals surface area contributed by atoms with E-state index in [1.54, 1.807) is 6.33 Å². The van der Waals surface area contributed by atoms with Crippen LogP contribution in [0.15, 0.2) is 60.9 Å². The van der Waals surface area contributed by atoms with E-state index in [2.05, 4.69) is 26.3 Å². The molecule has 1 saturated heterocycles. The van der Waals surface area contributed by atoms with Crippen molar-refractivity contribution in [3.8, 4) is 11.3 Å². The highest BCUT2D eigenvalue weighted by atomic mass is 16.1. The fraction of sp³-hybridized carbons (Fsp3) is 0.292. The van der Waals surface area contributed by atoms with Crippen LogP contribution < -0.4 is 10.2 Å². The van der Waals surface area contributed by atoms with E-state index < -0.39 is 0 Å². The number of rotatable bonds is 4. The Morgan fingerprint density at radius 1 is 1.07 bits per heavy atom. The Hall–Kier alpha value is -3.21. The van der Waals surface area contributed by atoms with E-state index in [1.807, 2.05) is 62.4 Å². The number of aryl methyl sites for hydroxylation is 2. The smallest absolute Gasteiger partial charge is 0.229 e. The second kappa shape index (κ2) is 8.43. The Morgan fingerprint density at radius 3 is 2.72 bits per heavy atom. The van der Waals surface area contributed by atoms with E-state index in [1.165, 1.54) is 0 Å². The van der Waals surface area contributed by atoms with Crippen molar-refractivity contribution in [1.29, 1.82) is 0 Å². The van der Waals surface area contributed by atoms with Gasteiger partial charge in [0.25, 0.3) is 0 Å². The summed E-state index contributed by atoms with van der Waals surface area (Å²) >= 11 is 0. The van der Waals surface area contributed by atoms with E-state index in [9.17, 15) is 4.79 Å². The number of anilines is 2. The predicted octanol–water partition coefficient (Wildman–Crippen LogP) is 4.62. The van der Waals surface area contributed by atoms with Gasteiger partial charge in [0.15, 0.2) is 0 Å². The third-order valence-corrected chi connectivity index (χ3v) is 5.49. The van der Waals surface area contributed by atoms with Crippen molar-refractivity contribution < 1.29 is 4.79 Å². The molecule has 1 aliphatic rings. The Morgan fingerprint density at radius 2 is 1.90 bits per heavy atom. The second-order valence-electron chi connectivity index (χ2n) is 7.72. The van der Waals surface area contributed by atoms with Crippen LogP contribution in [0.3, 0.4) is 0 Å². The van der Waals surface area contributed by atoms with Crippen molar-refractivity contribution in [2.45, 2.75) is 26.7 Å². The van der Waals surface area contributed by atoms with E-state index in [0.29, 0.717) is 6.54 Å². The molecule has 0 spiro atoms. The lowest BCUT2D eigenvalue weighted by molar-refractivity contribution is -0.120. The number of nitrogens with zero attached hydrogens (tertiary/aromatic N) is 3. The number of benzene rings is 2. The van der Waals surface area contributed by atoms with Gasteiger partial charge in [-0.3, -0.25) is 4.79 Å². The highest BCUT2D eigenvalue weighted by Crippen LogP contribution is 2.26. The van der Waals surface area contributed by atoms with E-state index >= 15 is 0 Å². The molecule has 1 amide bonds. The predicted molar refractivity (Wildman–Crippen MR) is 117 cm³/mol. The summed E-state index contributed by atoms with van der Waals surface area (Å²) in [6, 6.07) is 18.2. The Bertz CT molecular complexity index is 1000. The molecule has 2 aromatic carbocycles. The molecule has 1 fully saturated rings. The molecule has 1 aromatic heterocycles. The number of hydrogen-bond donors (Lipinski definition) is 1. The lowest BCUT2D eigenvalue weighted by Crippen LogP contribution is -2.41. The summed E-state index contributed by atoms with van der Waals surface area (Å²) in [6.45, 7) is 5.63. The van der Waals surface area contributed by atoms with Gasteiger partial charge in [0.1, 0.15) is 12.1 Å². The Labute approximate surface area is 171 Å². The molecule has 5 nitrogen and oxygen atoms in total. The fourth-order valence-electron chi connectivity index (χ4n) is 3.79. The summed E-state index contributed by atoms with van der Waals surface area (Å²) in [6.07, 6.45) is 3.47. The minimum absolute atomic E-state index is 0.0567. The van der Waals surface area contributed by atoms with Gasteiger partial charge in [-0.1, -0.05) is 42.5 Å².